The first-order valence-corrected chi connectivity index (χ1v) is 11.2. The average Bonchev–Trinajstić information content (AvgIpc) is 2.84. The lowest BCUT2D eigenvalue weighted by Crippen LogP contribution is -2.44. The van der Waals surface area contributed by atoms with Crippen molar-refractivity contribution in [1.82, 2.24) is 19.1 Å². The van der Waals surface area contributed by atoms with Crippen LogP contribution in [0.3, 0.4) is 0 Å². The minimum Gasteiger partial charge on any atom is -0.469 e. The molecule has 2 heterocycles. The van der Waals surface area contributed by atoms with E-state index in [1.165, 1.54) is 11.7 Å². The third-order valence-electron chi connectivity index (χ3n) is 5.76. The number of aromatic nitrogens is 4. The van der Waals surface area contributed by atoms with Crippen LogP contribution < -0.4 is 16.7 Å². The van der Waals surface area contributed by atoms with Gasteiger partial charge in [0.1, 0.15) is 0 Å². The van der Waals surface area contributed by atoms with Crippen molar-refractivity contribution in [1.29, 1.82) is 0 Å². The van der Waals surface area contributed by atoms with Gasteiger partial charge in [-0.3, -0.25) is 14.3 Å². The zero-order valence-corrected chi connectivity index (χ0v) is 20.1. The second-order valence-corrected chi connectivity index (χ2v) is 8.59. The lowest BCUT2D eigenvalue weighted by atomic mass is 10.1. The number of benzene rings is 2. The molecule has 0 bridgehead atoms. The van der Waals surface area contributed by atoms with E-state index < -0.39 is 23.3 Å². The third-order valence-corrected chi connectivity index (χ3v) is 5.76. The van der Waals surface area contributed by atoms with E-state index >= 15 is 0 Å². The fraction of sp³-hybridized carbons (Fsp3) is 0.269. The number of nitrogens with zero attached hydrogens (tertiary/aromatic N) is 4. The Balaban J connectivity index is 1.78. The monoisotopic (exact) mass is 473 g/mol. The van der Waals surface area contributed by atoms with Crippen LogP contribution in [0.1, 0.15) is 23.7 Å². The summed E-state index contributed by atoms with van der Waals surface area (Å²) in [5.41, 5.74) is 3.06. The normalized spacial score (nSPS) is 11.9. The molecule has 9 nitrogen and oxygen atoms in total. The summed E-state index contributed by atoms with van der Waals surface area (Å²) in [6.45, 7) is 5.56. The molecule has 4 aromatic rings. The Morgan fingerprint density at radius 2 is 1.74 bits per heavy atom. The number of pyridine rings is 1. The molecule has 2 aromatic heterocycles. The van der Waals surface area contributed by atoms with Crippen molar-refractivity contribution < 1.29 is 9.53 Å². The van der Waals surface area contributed by atoms with E-state index in [2.05, 4.69) is 15.3 Å². The highest BCUT2D eigenvalue weighted by Gasteiger charge is 2.20. The smallest absolute Gasteiger partial charge is 0.354 e. The Labute approximate surface area is 202 Å². The minimum atomic E-state index is -0.744. The molecule has 0 unspecified atom stereocenters. The number of fused-ring (bicyclic) bond motifs is 1. The molecule has 0 aliphatic heterocycles. The highest BCUT2D eigenvalue weighted by atomic mass is 16.5. The van der Waals surface area contributed by atoms with Crippen molar-refractivity contribution in [3.05, 3.63) is 92.4 Å². The number of anilines is 2. The highest BCUT2D eigenvalue weighted by Crippen LogP contribution is 2.21. The number of nitrogens with one attached hydrogen (secondary N) is 1. The molecule has 0 amide bonds. The summed E-state index contributed by atoms with van der Waals surface area (Å²) in [6, 6.07) is 17.2. The molecule has 0 radical (unpaired) electrons. The van der Waals surface area contributed by atoms with Crippen LogP contribution in [-0.4, -0.2) is 32.2 Å². The predicted molar refractivity (Wildman–Crippen MR) is 134 cm³/mol. The van der Waals surface area contributed by atoms with E-state index in [4.69, 9.17) is 4.74 Å². The molecule has 9 heteroatoms. The van der Waals surface area contributed by atoms with Crippen LogP contribution in [0.2, 0.25) is 0 Å². The molecule has 0 aliphatic rings. The zero-order valence-electron chi connectivity index (χ0n) is 20.1. The van der Waals surface area contributed by atoms with Gasteiger partial charge in [0.2, 0.25) is 5.95 Å². The van der Waals surface area contributed by atoms with Gasteiger partial charge in [-0.1, -0.05) is 42.8 Å². The maximum Gasteiger partial charge on any atom is 0.354 e. The van der Waals surface area contributed by atoms with Gasteiger partial charge in [0.15, 0.2) is 0 Å². The lowest BCUT2D eigenvalue weighted by molar-refractivity contribution is -0.145. The number of methoxy groups -OCH3 is 1. The van der Waals surface area contributed by atoms with E-state index in [1.807, 2.05) is 68.4 Å². The topological polar surface area (TPSA) is 108 Å². The molecule has 0 aliphatic carbocycles. The van der Waals surface area contributed by atoms with E-state index in [0.29, 0.717) is 5.69 Å². The van der Waals surface area contributed by atoms with Crippen LogP contribution in [0.25, 0.3) is 10.9 Å². The van der Waals surface area contributed by atoms with Crippen LogP contribution in [0.4, 0.5) is 11.6 Å². The minimum absolute atomic E-state index is 0.113. The van der Waals surface area contributed by atoms with Gasteiger partial charge >= 0.3 is 17.3 Å². The number of hydrogen-bond acceptors (Lipinski definition) is 7. The van der Waals surface area contributed by atoms with Crippen LogP contribution in [0.5, 0.6) is 0 Å². The lowest BCUT2D eigenvalue weighted by Gasteiger charge is -2.17. The predicted octanol–water partition coefficient (Wildman–Crippen LogP) is 3.17. The van der Waals surface area contributed by atoms with Gasteiger partial charge in [0.05, 0.1) is 25.1 Å². The number of rotatable bonds is 7. The molecule has 0 spiro atoms. The summed E-state index contributed by atoms with van der Waals surface area (Å²) < 4.78 is 7.11. The molecule has 0 saturated heterocycles. The molecule has 0 saturated carbocycles. The van der Waals surface area contributed by atoms with Crippen molar-refractivity contribution in [2.45, 2.75) is 33.9 Å². The van der Waals surface area contributed by atoms with Crippen molar-refractivity contribution in [3.63, 3.8) is 0 Å². The van der Waals surface area contributed by atoms with Crippen molar-refractivity contribution in [2.75, 3.05) is 12.4 Å². The second-order valence-electron chi connectivity index (χ2n) is 8.59. The van der Waals surface area contributed by atoms with E-state index in [-0.39, 0.29) is 19.0 Å². The molecular formula is C26H27N5O4. The number of carbonyl (C=O) groups is 1. The molecule has 2 aromatic carbocycles. The first-order valence-electron chi connectivity index (χ1n) is 11.2. The van der Waals surface area contributed by atoms with Crippen molar-refractivity contribution in [3.8, 4) is 0 Å². The summed E-state index contributed by atoms with van der Waals surface area (Å²) >= 11 is 0. The molecule has 35 heavy (non-hydrogen) atoms. The quantitative estimate of drug-likeness (QED) is 0.411. The molecule has 180 valence electrons. The summed E-state index contributed by atoms with van der Waals surface area (Å²) in [5, 5.41) is 4.04. The first-order chi connectivity index (χ1) is 16.7. The Kier molecular flexibility index (Phi) is 6.77. The second kappa shape index (κ2) is 9.92. The Hall–Kier alpha value is -4.27. The molecule has 0 fully saturated rings. The Morgan fingerprint density at radius 3 is 2.46 bits per heavy atom. The Bertz CT molecular complexity index is 1510. The maximum absolute atomic E-state index is 13.5. The number of hydrogen-bond donors (Lipinski definition) is 1. The van der Waals surface area contributed by atoms with Gasteiger partial charge in [-0.05, 0) is 43.7 Å². The van der Waals surface area contributed by atoms with E-state index in [0.717, 1.165) is 32.3 Å². The summed E-state index contributed by atoms with van der Waals surface area (Å²) in [5.74, 6) is -1.08. The number of carbonyl (C=O) groups excluding carboxylic acids is 1. The van der Waals surface area contributed by atoms with Crippen LogP contribution >= 0.6 is 0 Å². The van der Waals surface area contributed by atoms with Crippen LogP contribution in [-0.2, 0) is 22.6 Å². The molecular weight excluding hydrogens is 446 g/mol. The largest absolute Gasteiger partial charge is 0.469 e. The van der Waals surface area contributed by atoms with Gasteiger partial charge in [0.25, 0.3) is 0 Å². The van der Waals surface area contributed by atoms with Crippen molar-refractivity contribution >= 4 is 28.5 Å². The Morgan fingerprint density at radius 1 is 1.00 bits per heavy atom. The van der Waals surface area contributed by atoms with Gasteiger partial charge in [-0.25, -0.2) is 14.2 Å². The highest BCUT2D eigenvalue weighted by molar-refractivity contribution is 5.83. The number of ether oxygens (including phenoxy) is 1. The van der Waals surface area contributed by atoms with Gasteiger partial charge in [-0.15, -0.1) is 0 Å². The van der Waals surface area contributed by atoms with Gasteiger partial charge in [-0.2, -0.15) is 4.98 Å². The molecule has 1 atom stereocenters. The number of esters is 1. The average molecular weight is 474 g/mol. The summed E-state index contributed by atoms with van der Waals surface area (Å²) in [4.78, 5) is 46.9. The van der Waals surface area contributed by atoms with E-state index in [1.54, 1.807) is 6.92 Å². The molecule has 4 rings (SSSR count). The fourth-order valence-corrected chi connectivity index (χ4v) is 3.78. The van der Waals surface area contributed by atoms with Crippen molar-refractivity contribution in [2.24, 2.45) is 5.92 Å². The van der Waals surface area contributed by atoms with Gasteiger partial charge in [0, 0.05) is 23.3 Å². The van der Waals surface area contributed by atoms with E-state index in [9.17, 15) is 14.4 Å². The third kappa shape index (κ3) is 5.29. The SMILES string of the molecule is COC(=O)[C@@H](C)Cn1c(=O)nc(Nc2ccc3nc(C)ccc3c2)n(Cc2ccc(C)cc2)c1=O. The van der Waals surface area contributed by atoms with Crippen LogP contribution in [0, 0.1) is 19.8 Å². The van der Waals surface area contributed by atoms with Gasteiger partial charge < -0.3 is 10.1 Å². The summed E-state index contributed by atoms with van der Waals surface area (Å²) in [7, 11) is 1.27. The van der Waals surface area contributed by atoms with Crippen LogP contribution in [0.15, 0.2) is 64.2 Å². The number of aryl methyl sites for hydroxylation is 2. The fourth-order valence-electron chi connectivity index (χ4n) is 3.78. The standard InChI is InChI=1S/C26H27N5O4/c1-16-5-8-19(9-6-16)15-30-24(28-21-11-12-22-20(13-21)10-7-18(3)27-22)29-25(33)31(26(30)34)14-17(2)23(32)35-4/h5-13,17H,14-15H2,1-4H3,(H,28,29,33)/t17-/m0/s1. The zero-order chi connectivity index (χ0) is 25.1. The molecule has 1 N–H and O–H groups in total. The first kappa shape index (κ1) is 23.9. The summed E-state index contributed by atoms with van der Waals surface area (Å²) in [6.07, 6.45) is 0. The maximum atomic E-state index is 13.5.